The molecule has 3 heterocycles. The van der Waals surface area contributed by atoms with Crippen molar-refractivity contribution in [3.63, 3.8) is 0 Å². The van der Waals surface area contributed by atoms with Gasteiger partial charge in [-0.1, -0.05) is 43.2 Å². The third-order valence-electron chi connectivity index (χ3n) is 5.61. The summed E-state index contributed by atoms with van der Waals surface area (Å²) in [5.74, 6) is -0.381. The van der Waals surface area contributed by atoms with Crippen molar-refractivity contribution in [2.24, 2.45) is 0 Å². The first-order valence-corrected chi connectivity index (χ1v) is 11.1. The first-order valence-electron chi connectivity index (χ1n) is 10.3. The summed E-state index contributed by atoms with van der Waals surface area (Å²) in [6.07, 6.45) is 4.04. The zero-order valence-corrected chi connectivity index (χ0v) is 17.2. The van der Waals surface area contributed by atoms with Crippen molar-refractivity contribution in [2.45, 2.75) is 50.9 Å². The molecule has 0 saturated carbocycles. The molecular formula is C22H27N3O3S. The Morgan fingerprint density at radius 2 is 1.72 bits per heavy atom. The van der Waals surface area contributed by atoms with Crippen molar-refractivity contribution in [3.05, 3.63) is 57.8 Å². The SMILES string of the molecule is O=C1NC(C(O)c2ccc(CN3CCCCCC3)s2)C(=O)N1Cc1ccccc1. The molecule has 7 heteroatoms. The molecule has 154 valence electrons. The molecule has 0 aliphatic carbocycles. The topological polar surface area (TPSA) is 72.9 Å². The van der Waals surface area contributed by atoms with Crippen molar-refractivity contribution >= 4 is 23.3 Å². The fourth-order valence-corrected chi connectivity index (χ4v) is 5.07. The summed E-state index contributed by atoms with van der Waals surface area (Å²) in [5.41, 5.74) is 0.877. The summed E-state index contributed by atoms with van der Waals surface area (Å²) >= 11 is 1.52. The van der Waals surface area contributed by atoms with E-state index in [4.69, 9.17) is 0 Å². The molecule has 0 radical (unpaired) electrons. The first-order chi connectivity index (χ1) is 14.1. The number of nitrogens with zero attached hydrogens (tertiary/aromatic N) is 2. The van der Waals surface area contributed by atoms with Crippen LogP contribution >= 0.6 is 11.3 Å². The number of thiophene rings is 1. The third-order valence-corrected chi connectivity index (χ3v) is 6.75. The number of benzene rings is 1. The molecule has 0 bridgehead atoms. The van der Waals surface area contributed by atoms with Gasteiger partial charge in [0.15, 0.2) is 0 Å². The van der Waals surface area contributed by atoms with Crippen LogP contribution in [0.5, 0.6) is 0 Å². The summed E-state index contributed by atoms with van der Waals surface area (Å²) in [6, 6.07) is 11.9. The van der Waals surface area contributed by atoms with Gasteiger partial charge in [0.05, 0.1) is 6.54 Å². The highest BCUT2D eigenvalue weighted by atomic mass is 32.1. The Hall–Kier alpha value is -2.22. The van der Waals surface area contributed by atoms with Gasteiger partial charge in [0.2, 0.25) is 0 Å². The third kappa shape index (κ3) is 4.69. The first kappa shape index (κ1) is 20.1. The smallest absolute Gasteiger partial charge is 0.325 e. The van der Waals surface area contributed by atoms with Crippen LogP contribution in [0.15, 0.2) is 42.5 Å². The number of imide groups is 1. The molecular weight excluding hydrogens is 386 g/mol. The minimum atomic E-state index is -1.03. The monoisotopic (exact) mass is 413 g/mol. The molecule has 2 fully saturated rings. The summed E-state index contributed by atoms with van der Waals surface area (Å²) in [7, 11) is 0. The van der Waals surface area contributed by atoms with Gasteiger partial charge in [-0.05, 0) is 43.6 Å². The van der Waals surface area contributed by atoms with Crippen molar-refractivity contribution < 1.29 is 14.7 Å². The molecule has 1 aromatic heterocycles. The number of aliphatic hydroxyl groups is 1. The quantitative estimate of drug-likeness (QED) is 0.713. The second-order valence-electron chi connectivity index (χ2n) is 7.78. The largest absolute Gasteiger partial charge is 0.385 e. The standard InChI is InChI=1S/C22H27N3O3S/c26-20(18-11-10-17(29-18)15-24-12-6-1-2-7-13-24)19-21(27)25(22(28)23-19)14-16-8-4-3-5-9-16/h3-5,8-11,19-20,26H,1-2,6-7,12-15H2,(H,23,28). The molecule has 2 aliphatic rings. The number of amides is 3. The average Bonchev–Trinajstić information content (AvgIpc) is 3.19. The predicted molar refractivity (Wildman–Crippen MR) is 112 cm³/mol. The number of nitrogens with one attached hydrogen (secondary N) is 1. The van der Waals surface area contributed by atoms with E-state index in [9.17, 15) is 14.7 Å². The number of carbonyl (C=O) groups is 2. The number of rotatable bonds is 6. The second kappa shape index (κ2) is 9.07. The summed E-state index contributed by atoms with van der Waals surface area (Å²) in [6.45, 7) is 3.31. The van der Waals surface area contributed by atoms with Crippen LogP contribution in [0.1, 0.15) is 47.1 Å². The van der Waals surface area contributed by atoms with Gasteiger partial charge in [-0.15, -0.1) is 11.3 Å². The van der Waals surface area contributed by atoms with Gasteiger partial charge in [0, 0.05) is 16.3 Å². The minimum absolute atomic E-state index is 0.208. The minimum Gasteiger partial charge on any atom is -0.385 e. The van der Waals surface area contributed by atoms with E-state index < -0.39 is 18.2 Å². The van der Waals surface area contributed by atoms with Gasteiger partial charge in [-0.25, -0.2) is 4.79 Å². The van der Waals surface area contributed by atoms with E-state index in [-0.39, 0.29) is 12.5 Å². The normalized spacial score (nSPS) is 21.8. The zero-order valence-electron chi connectivity index (χ0n) is 16.4. The van der Waals surface area contributed by atoms with E-state index in [1.165, 1.54) is 46.8 Å². The highest BCUT2D eigenvalue weighted by Crippen LogP contribution is 2.30. The maximum absolute atomic E-state index is 12.8. The van der Waals surface area contributed by atoms with Gasteiger partial charge in [-0.3, -0.25) is 14.6 Å². The Kier molecular flexibility index (Phi) is 6.28. The van der Waals surface area contributed by atoms with Crippen LogP contribution in [-0.2, 0) is 17.9 Å². The van der Waals surface area contributed by atoms with Gasteiger partial charge in [-0.2, -0.15) is 0 Å². The fourth-order valence-electron chi connectivity index (χ4n) is 3.99. The Bertz CT molecular complexity index is 846. The lowest BCUT2D eigenvalue weighted by molar-refractivity contribution is -0.130. The van der Waals surface area contributed by atoms with Crippen molar-refractivity contribution in [1.29, 1.82) is 0 Å². The molecule has 2 saturated heterocycles. The summed E-state index contributed by atoms with van der Waals surface area (Å²) < 4.78 is 0. The number of aliphatic hydroxyl groups excluding tert-OH is 1. The molecule has 3 amide bonds. The maximum atomic E-state index is 12.8. The van der Waals surface area contributed by atoms with Crippen molar-refractivity contribution in [2.75, 3.05) is 13.1 Å². The Morgan fingerprint density at radius 3 is 2.45 bits per heavy atom. The van der Waals surface area contributed by atoms with E-state index in [0.29, 0.717) is 0 Å². The van der Waals surface area contributed by atoms with Crippen molar-refractivity contribution in [3.8, 4) is 0 Å². The molecule has 4 rings (SSSR count). The van der Waals surface area contributed by atoms with Gasteiger partial charge >= 0.3 is 6.03 Å². The molecule has 2 aromatic rings. The number of likely N-dealkylation sites (tertiary alicyclic amines) is 1. The number of hydrogen-bond acceptors (Lipinski definition) is 5. The lowest BCUT2D eigenvalue weighted by Gasteiger charge is -2.18. The lowest BCUT2D eigenvalue weighted by Crippen LogP contribution is -2.35. The van der Waals surface area contributed by atoms with Crippen LogP contribution in [0.3, 0.4) is 0 Å². The number of hydrogen-bond donors (Lipinski definition) is 2. The highest BCUT2D eigenvalue weighted by molar-refractivity contribution is 7.12. The van der Waals surface area contributed by atoms with Crippen LogP contribution < -0.4 is 5.32 Å². The molecule has 1 aromatic carbocycles. The van der Waals surface area contributed by atoms with E-state index >= 15 is 0 Å². The van der Waals surface area contributed by atoms with Crippen LogP contribution in [-0.4, -0.2) is 46.0 Å². The van der Waals surface area contributed by atoms with E-state index in [0.717, 1.165) is 30.1 Å². The molecule has 2 N–H and O–H groups in total. The van der Waals surface area contributed by atoms with E-state index in [1.54, 1.807) is 0 Å². The molecule has 29 heavy (non-hydrogen) atoms. The summed E-state index contributed by atoms with van der Waals surface area (Å²) in [5, 5.41) is 13.4. The Balaban J connectivity index is 1.40. The molecule has 0 spiro atoms. The van der Waals surface area contributed by atoms with Crippen LogP contribution in [0.2, 0.25) is 0 Å². The molecule has 6 nitrogen and oxygen atoms in total. The number of urea groups is 1. The van der Waals surface area contributed by atoms with E-state index in [1.807, 2.05) is 42.5 Å². The van der Waals surface area contributed by atoms with E-state index in [2.05, 4.69) is 10.2 Å². The lowest BCUT2D eigenvalue weighted by atomic mass is 10.1. The highest BCUT2D eigenvalue weighted by Gasteiger charge is 2.42. The molecule has 2 atom stereocenters. The average molecular weight is 414 g/mol. The van der Waals surface area contributed by atoms with Gasteiger partial charge in [0.25, 0.3) is 5.91 Å². The predicted octanol–water partition coefficient (Wildman–Crippen LogP) is 3.28. The second-order valence-corrected chi connectivity index (χ2v) is 8.98. The Labute approximate surface area is 175 Å². The van der Waals surface area contributed by atoms with Gasteiger partial charge in [0.1, 0.15) is 12.1 Å². The summed E-state index contributed by atoms with van der Waals surface area (Å²) in [4.78, 5) is 30.6. The van der Waals surface area contributed by atoms with Gasteiger partial charge < -0.3 is 10.4 Å². The zero-order chi connectivity index (χ0) is 20.2. The maximum Gasteiger partial charge on any atom is 0.325 e. The van der Waals surface area contributed by atoms with Crippen LogP contribution in [0, 0.1) is 0 Å². The number of carbonyl (C=O) groups excluding carboxylic acids is 2. The molecule has 2 aliphatic heterocycles. The fraction of sp³-hybridized carbons (Fsp3) is 0.455. The Morgan fingerprint density at radius 1 is 1.00 bits per heavy atom. The molecule has 2 unspecified atom stereocenters. The van der Waals surface area contributed by atoms with Crippen LogP contribution in [0.4, 0.5) is 4.79 Å². The van der Waals surface area contributed by atoms with Crippen LogP contribution in [0.25, 0.3) is 0 Å². The van der Waals surface area contributed by atoms with Crippen molar-refractivity contribution in [1.82, 2.24) is 15.1 Å².